The molecule has 5 heteroatoms. The number of rotatable bonds is 4. The molecule has 1 fully saturated rings. The van der Waals surface area contributed by atoms with E-state index in [1.54, 1.807) is 0 Å². The van der Waals surface area contributed by atoms with E-state index in [0.717, 1.165) is 16.8 Å². The maximum Gasteiger partial charge on any atom is 0.195 e. The summed E-state index contributed by atoms with van der Waals surface area (Å²) in [6, 6.07) is 8.36. The van der Waals surface area contributed by atoms with Crippen LogP contribution in [0.5, 0.6) is 0 Å². The van der Waals surface area contributed by atoms with Crippen molar-refractivity contribution in [2.24, 2.45) is 5.92 Å². The highest BCUT2D eigenvalue weighted by Crippen LogP contribution is 2.26. The Morgan fingerprint density at radius 3 is 2.95 bits per heavy atom. The number of hydrogen-bond donors (Lipinski definition) is 0. The Balaban J connectivity index is 1.72. The highest BCUT2D eigenvalue weighted by Gasteiger charge is 2.20. The van der Waals surface area contributed by atoms with Crippen LogP contribution in [-0.4, -0.2) is 45.6 Å². The van der Waals surface area contributed by atoms with Crippen LogP contribution in [0.25, 0.3) is 5.69 Å². The van der Waals surface area contributed by atoms with Gasteiger partial charge in [-0.2, -0.15) is 0 Å². The number of para-hydroxylation sites is 1. The van der Waals surface area contributed by atoms with E-state index in [1.807, 2.05) is 18.1 Å². The normalized spacial score (nSPS) is 19.6. The third kappa shape index (κ3) is 2.88. The van der Waals surface area contributed by atoms with Crippen molar-refractivity contribution in [3.8, 4) is 5.69 Å². The first-order valence-electron chi connectivity index (χ1n) is 7.01. The van der Waals surface area contributed by atoms with Crippen LogP contribution < -0.4 is 0 Å². The van der Waals surface area contributed by atoms with Gasteiger partial charge in [-0.05, 0) is 44.5 Å². The van der Waals surface area contributed by atoms with E-state index >= 15 is 0 Å². The summed E-state index contributed by atoms with van der Waals surface area (Å²) in [6.45, 7) is 4.54. The molecule has 1 atom stereocenters. The Hall–Kier alpha value is -1.33. The lowest BCUT2D eigenvalue weighted by Gasteiger charge is -2.11. The highest BCUT2D eigenvalue weighted by molar-refractivity contribution is 7.99. The van der Waals surface area contributed by atoms with Crippen molar-refractivity contribution in [3.63, 3.8) is 0 Å². The van der Waals surface area contributed by atoms with Crippen LogP contribution in [0.2, 0.25) is 0 Å². The predicted molar refractivity (Wildman–Crippen MR) is 82.4 cm³/mol. The third-order valence-corrected chi connectivity index (χ3v) is 5.00. The van der Waals surface area contributed by atoms with E-state index < -0.39 is 0 Å². The summed E-state index contributed by atoms with van der Waals surface area (Å²) in [6.07, 6.45) is 3.10. The number of hydrogen-bond acceptors (Lipinski definition) is 4. The van der Waals surface area contributed by atoms with Gasteiger partial charge >= 0.3 is 0 Å². The van der Waals surface area contributed by atoms with E-state index in [-0.39, 0.29) is 0 Å². The average molecular weight is 288 g/mol. The number of aromatic nitrogens is 3. The Morgan fingerprint density at radius 1 is 1.35 bits per heavy atom. The average Bonchev–Trinajstić information content (AvgIpc) is 3.06. The zero-order valence-electron chi connectivity index (χ0n) is 12.0. The topological polar surface area (TPSA) is 34.0 Å². The molecule has 1 aromatic carbocycles. The fourth-order valence-corrected chi connectivity index (χ4v) is 3.72. The van der Waals surface area contributed by atoms with Gasteiger partial charge in [0.05, 0.1) is 5.69 Å². The second kappa shape index (κ2) is 5.97. The second-order valence-corrected chi connectivity index (χ2v) is 6.49. The second-order valence-electron chi connectivity index (χ2n) is 5.50. The summed E-state index contributed by atoms with van der Waals surface area (Å²) in [5, 5.41) is 9.35. The van der Waals surface area contributed by atoms with E-state index in [9.17, 15) is 0 Å². The lowest BCUT2D eigenvalue weighted by molar-refractivity contribution is 0.403. The van der Waals surface area contributed by atoms with Crippen LogP contribution in [0.3, 0.4) is 0 Å². The highest BCUT2D eigenvalue weighted by atomic mass is 32.2. The molecule has 0 N–H and O–H groups in total. The van der Waals surface area contributed by atoms with Crippen molar-refractivity contribution >= 4 is 11.8 Å². The maximum absolute atomic E-state index is 4.28. The molecular formula is C15H20N4S. The molecule has 1 aromatic heterocycles. The lowest BCUT2D eigenvalue weighted by atomic mass is 10.2. The molecular weight excluding hydrogens is 268 g/mol. The minimum absolute atomic E-state index is 0.770. The Bertz CT molecular complexity index is 581. The smallest absolute Gasteiger partial charge is 0.195 e. The first-order valence-corrected chi connectivity index (χ1v) is 8.00. The van der Waals surface area contributed by atoms with Crippen LogP contribution in [-0.2, 0) is 0 Å². The summed E-state index contributed by atoms with van der Waals surface area (Å²) in [5.74, 6) is 1.89. The summed E-state index contributed by atoms with van der Waals surface area (Å²) < 4.78 is 2.10. The van der Waals surface area contributed by atoms with E-state index in [1.165, 1.54) is 30.8 Å². The quantitative estimate of drug-likeness (QED) is 0.810. The molecule has 1 aliphatic heterocycles. The fourth-order valence-electron chi connectivity index (χ4n) is 2.68. The minimum atomic E-state index is 0.770. The van der Waals surface area contributed by atoms with Crippen molar-refractivity contribution in [3.05, 3.63) is 36.2 Å². The van der Waals surface area contributed by atoms with E-state index in [2.05, 4.69) is 57.9 Å². The maximum atomic E-state index is 4.28. The largest absolute Gasteiger partial charge is 0.306 e. The Morgan fingerprint density at radius 2 is 2.20 bits per heavy atom. The van der Waals surface area contributed by atoms with Crippen molar-refractivity contribution < 1.29 is 0 Å². The molecule has 1 saturated heterocycles. The van der Waals surface area contributed by atoms with Gasteiger partial charge in [0.2, 0.25) is 0 Å². The molecule has 0 aliphatic carbocycles. The van der Waals surface area contributed by atoms with Crippen molar-refractivity contribution in [2.75, 3.05) is 25.9 Å². The molecule has 3 rings (SSSR count). The Labute approximate surface area is 124 Å². The molecule has 0 radical (unpaired) electrons. The van der Waals surface area contributed by atoms with Gasteiger partial charge in [0.1, 0.15) is 6.33 Å². The minimum Gasteiger partial charge on any atom is -0.306 e. The van der Waals surface area contributed by atoms with Gasteiger partial charge in [0.25, 0.3) is 0 Å². The van der Waals surface area contributed by atoms with E-state index in [4.69, 9.17) is 0 Å². The molecule has 0 spiro atoms. The summed E-state index contributed by atoms with van der Waals surface area (Å²) in [5.41, 5.74) is 2.42. The molecule has 4 nitrogen and oxygen atoms in total. The van der Waals surface area contributed by atoms with Gasteiger partial charge in [-0.1, -0.05) is 30.0 Å². The molecule has 1 aliphatic rings. The van der Waals surface area contributed by atoms with Crippen LogP contribution in [0.4, 0.5) is 0 Å². The van der Waals surface area contributed by atoms with Gasteiger partial charge in [-0.15, -0.1) is 10.2 Å². The van der Waals surface area contributed by atoms with Crippen LogP contribution >= 0.6 is 11.8 Å². The van der Waals surface area contributed by atoms with Crippen molar-refractivity contribution in [1.29, 1.82) is 0 Å². The molecule has 20 heavy (non-hydrogen) atoms. The Kier molecular flexibility index (Phi) is 4.08. The first-order chi connectivity index (χ1) is 9.74. The number of thioether (sulfide) groups is 1. The van der Waals surface area contributed by atoms with Gasteiger partial charge < -0.3 is 4.90 Å². The van der Waals surface area contributed by atoms with Gasteiger partial charge in [-0.25, -0.2) is 0 Å². The number of likely N-dealkylation sites (tertiary alicyclic amines) is 1. The van der Waals surface area contributed by atoms with E-state index in [0.29, 0.717) is 0 Å². The number of aryl methyl sites for hydroxylation is 1. The zero-order chi connectivity index (χ0) is 13.9. The zero-order valence-corrected chi connectivity index (χ0v) is 12.8. The summed E-state index contributed by atoms with van der Waals surface area (Å²) in [4.78, 5) is 2.40. The molecule has 0 unspecified atom stereocenters. The molecule has 2 aromatic rings. The van der Waals surface area contributed by atoms with Crippen molar-refractivity contribution in [2.45, 2.75) is 18.5 Å². The number of benzene rings is 1. The number of nitrogens with zero attached hydrogens (tertiary/aromatic N) is 4. The fraction of sp³-hybridized carbons (Fsp3) is 0.467. The van der Waals surface area contributed by atoms with Gasteiger partial charge in [-0.3, -0.25) is 4.57 Å². The monoisotopic (exact) mass is 288 g/mol. The van der Waals surface area contributed by atoms with Gasteiger partial charge in [0.15, 0.2) is 5.16 Å². The first kappa shape index (κ1) is 13.6. The van der Waals surface area contributed by atoms with Crippen LogP contribution in [0.1, 0.15) is 12.0 Å². The molecule has 2 heterocycles. The molecule has 0 bridgehead atoms. The van der Waals surface area contributed by atoms with Crippen LogP contribution in [0, 0.1) is 12.8 Å². The van der Waals surface area contributed by atoms with Gasteiger partial charge in [0, 0.05) is 12.3 Å². The van der Waals surface area contributed by atoms with Crippen molar-refractivity contribution in [1.82, 2.24) is 19.7 Å². The standard InChI is InChI=1S/C15H20N4S/c1-12-5-3-4-6-14(12)19-11-16-17-15(19)20-10-13-7-8-18(2)9-13/h3-6,11,13H,7-10H2,1-2H3/t13-/m1/s1. The molecule has 0 amide bonds. The van der Waals surface area contributed by atoms with Crippen LogP contribution in [0.15, 0.2) is 35.7 Å². The SMILES string of the molecule is Cc1ccccc1-n1cnnc1SC[C@@H]1CCN(C)C1. The lowest BCUT2D eigenvalue weighted by Crippen LogP contribution is -2.15. The molecule has 106 valence electrons. The summed E-state index contributed by atoms with van der Waals surface area (Å²) >= 11 is 1.82. The predicted octanol–water partition coefficient (Wildman–Crippen LogP) is 2.62. The summed E-state index contributed by atoms with van der Waals surface area (Å²) in [7, 11) is 2.19. The molecule has 0 saturated carbocycles. The third-order valence-electron chi connectivity index (χ3n) is 3.83.